The predicted molar refractivity (Wildman–Crippen MR) is 85.5 cm³/mol. The van der Waals surface area contributed by atoms with E-state index in [9.17, 15) is 0 Å². The molecule has 19 heavy (non-hydrogen) atoms. The lowest BCUT2D eigenvalue weighted by Gasteiger charge is -2.08. The lowest BCUT2D eigenvalue weighted by molar-refractivity contribution is 0.313. The fourth-order valence-electron chi connectivity index (χ4n) is 1.61. The summed E-state index contributed by atoms with van der Waals surface area (Å²) in [7, 11) is 0. The van der Waals surface area contributed by atoms with Gasteiger partial charge in [0.05, 0.1) is 0 Å². The Morgan fingerprint density at radius 3 is 2.05 bits per heavy atom. The van der Waals surface area contributed by atoms with Crippen molar-refractivity contribution in [3.05, 3.63) is 63.0 Å². The highest BCUT2D eigenvalue weighted by atomic mass is 79.9. The highest BCUT2D eigenvalue weighted by Crippen LogP contribution is 2.15. The fourth-order valence-corrected chi connectivity index (χ4v) is 2.14. The molecule has 1 N–H and O–H groups in total. The maximum atomic E-state index is 5.63. The first kappa shape index (κ1) is 14.6. The molecule has 0 saturated heterocycles. The molecule has 2 rings (SSSR count). The van der Waals surface area contributed by atoms with Gasteiger partial charge in [-0.15, -0.1) is 0 Å². The number of nitrogens with one attached hydrogen (secondary N) is 1. The topological polar surface area (TPSA) is 21.3 Å². The lowest BCUT2D eigenvalue weighted by atomic mass is 10.2. The van der Waals surface area contributed by atoms with Crippen LogP contribution in [-0.4, -0.2) is 13.2 Å². The minimum atomic E-state index is 0.665. The van der Waals surface area contributed by atoms with Crippen LogP contribution in [0.5, 0.6) is 5.75 Å². The van der Waals surface area contributed by atoms with Gasteiger partial charge in [0.25, 0.3) is 0 Å². The molecule has 100 valence electrons. The Morgan fingerprint density at radius 2 is 1.42 bits per heavy atom. The van der Waals surface area contributed by atoms with Gasteiger partial charge in [-0.1, -0.05) is 44.0 Å². The fraction of sp³-hybridized carbons (Fsp3) is 0.200. The highest BCUT2D eigenvalue weighted by Gasteiger charge is 1.95. The van der Waals surface area contributed by atoms with Crippen LogP contribution in [0.15, 0.2) is 57.5 Å². The minimum Gasteiger partial charge on any atom is -0.492 e. The third-order valence-corrected chi connectivity index (χ3v) is 3.66. The van der Waals surface area contributed by atoms with Crippen molar-refractivity contribution in [3.63, 3.8) is 0 Å². The average Bonchev–Trinajstić information content (AvgIpc) is 2.43. The summed E-state index contributed by atoms with van der Waals surface area (Å²) in [6, 6.07) is 16.2. The van der Waals surface area contributed by atoms with Crippen LogP contribution in [0.1, 0.15) is 5.56 Å². The molecule has 2 aromatic carbocycles. The molecule has 0 amide bonds. The van der Waals surface area contributed by atoms with Gasteiger partial charge in [-0.3, -0.25) is 0 Å². The van der Waals surface area contributed by atoms with Gasteiger partial charge >= 0.3 is 0 Å². The summed E-state index contributed by atoms with van der Waals surface area (Å²) in [6.07, 6.45) is 0. The Kier molecular flexibility index (Phi) is 5.89. The van der Waals surface area contributed by atoms with Gasteiger partial charge in [0.2, 0.25) is 0 Å². The van der Waals surface area contributed by atoms with Crippen LogP contribution in [0.3, 0.4) is 0 Å². The second-order valence-electron chi connectivity index (χ2n) is 4.11. The molecule has 0 aromatic heterocycles. The van der Waals surface area contributed by atoms with Crippen molar-refractivity contribution in [2.75, 3.05) is 13.2 Å². The third-order valence-electron chi connectivity index (χ3n) is 2.60. The molecule has 2 aromatic rings. The van der Waals surface area contributed by atoms with Gasteiger partial charge in [0, 0.05) is 22.0 Å². The maximum Gasteiger partial charge on any atom is 0.119 e. The Labute approximate surface area is 130 Å². The Balaban J connectivity index is 1.64. The monoisotopic (exact) mass is 383 g/mol. The van der Waals surface area contributed by atoms with Crippen molar-refractivity contribution in [1.82, 2.24) is 5.32 Å². The van der Waals surface area contributed by atoms with E-state index in [0.29, 0.717) is 6.61 Å². The summed E-state index contributed by atoms with van der Waals surface area (Å²) in [4.78, 5) is 0. The normalized spacial score (nSPS) is 10.4. The van der Waals surface area contributed by atoms with E-state index >= 15 is 0 Å². The van der Waals surface area contributed by atoms with Crippen LogP contribution >= 0.6 is 31.9 Å². The molecule has 0 fully saturated rings. The molecule has 0 spiro atoms. The van der Waals surface area contributed by atoms with Crippen LogP contribution < -0.4 is 10.1 Å². The quantitative estimate of drug-likeness (QED) is 0.746. The number of rotatable bonds is 6. The summed E-state index contributed by atoms with van der Waals surface area (Å²) in [6.45, 7) is 2.35. The maximum absolute atomic E-state index is 5.63. The van der Waals surface area contributed by atoms with Crippen LogP contribution in [0.4, 0.5) is 0 Å². The Morgan fingerprint density at radius 1 is 0.842 bits per heavy atom. The lowest BCUT2D eigenvalue weighted by Crippen LogP contribution is -2.20. The van der Waals surface area contributed by atoms with Crippen molar-refractivity contribution in [2.24, 2.45) is 0 Å². The minimum absolute atomic E-state index is 0.665. The van der Waals surface area contributed by atoms with Crippen molar-refractivity contribution in [1.29, 1.82) is 0 Å². The molecule has 0 bridgehead atoms. The first-order valence-electron chi connectivity index (χ1n) is 6.07. The van der Waals surface area contributed by atoms with Crippen LogP contribution in [0.2, 0.25) is 0 Å². The second-order valence-corrected chi connectivity index (χ2v) is 5.94. The zero-order chi connectivity index (χ0) is 13.5. The van der Waals surface area contributed by atoms with E-state index in [1.165, 1.54) is 5.56 Å². The van der Waals surface area contributed by atoms with Crippen molar-refractivity contribution in [2.45, 2.75) is 6.54 Å². The van der Waals surface area contributed by atoms with Gasteiger partial charge in [0.1, 0.15) is 12.4 Å². The zero-order valence-corrected chi connectivity index (χ0v) is 13.6. The van der Waals surface area contributed by atoms with E-state index in [0.717, 1.165) is 27.8 Å². The molecule has 0 radical (unpaired) electrons. The van der Waals surface area contributed by atoms with Gasteiger partial charge in [-0.2, -0.15) is 0 Å². The Bertz CT molecular complexity index is 449. The van der Waals surface area contributed by atoms with Crippen molar-refractivity contribution >= 4 is 31.9 Å². The molecule has 2 nitrogen and oxygen atoms in total. The molecule has 0 atom stereocenters. The van der Waals surface area contributed by atoms with E-state index < -0.39 is 0 Å². The molecule has 0 saturated carbocycles. The molecule has 0 aliphatic carbocycles. The van der Waals surface area contributed by atoms with Gasteiger partial charge in [-0.05, 0) is 42.0 Å². The number of ether oxygens (including phenoxy) is 1. The van der Waals surface area contributed by atoms with E-state index in [1.807, 2.05) is 24.3 Å². The van der Waals surface area contributed by atoms with E-state index in [2.05, 4.69) is 61.4 Å². The standard InChI is InChI=1S/C15H15Br2NO/c16-13-3-1-12(2-4-13)11-18-9-10-19-15-7-5-14(17)6-8-15/h1-8,18H,9-11H2. The molecule has 0 unspecified atom stereocenters. The summed E-state index contributed by atoms with van der Waals surface area (Å²) in [5, 5.41) is 3.35. The van der Waals surface area contributed by atoms with Crippen molar-refractivity contribution < 1.29 is 4.74 Å². The van der Waals surface area contributed by atoms with Gasteiger partial charge in [0.15, 0.2) is 0 Å². The molecule has 0 aliphatic rings. The van der Waals surface area contributed by atoms with Gasteiger partial charge < -0.3 is 10.1 Å². The first-order valence-corrected chi connectivity index (χ1v) is 7.66. The summed E-state index contributed by atoms with van der Waals surface area (Å²) in [5.74, 6) is 0.897. The summed E-state index contributed by atoms with van der Waals surface area (Å²) in [5.41, 5.74) is 1.27. The zero-order valence-electron chi connectivity index (χ0n) is 10.4. The third kappa shape index (κ3) is 5.35. The van der Waals surface area contributed by atoms with Crippen molar-refractivity contribution in [3.8, 4) is 5.75 Å². The summed E-state index contributed by atoms with van der Waals surface area (Å²) >= 11 is 6.82. The number of halogens is 2. The SMILES string of the molecule is Brc1ccc(CNCCOc2ccc(Br)cc2)cc1. The molecular formula is C15H15Br2NO. The molecule has 0 heterocycles. The molecule has 4 heteroatoms. The van der Waals surface area contributed by atoms with E-state index in [4.69, 9.17) is 4.74 Å². The highest BCUT2D eigenvalue weighted by molar-refractivity contribution is 9.10. The second kappa shape index (κ2) is 7.68. The van der Waals surface area contributed by atoms with Crippen LogP contribution in [-0.2, 0) is 6.54 Å². The van der Waals surface area contributed by atoms with E-state index in [-0.39, 0.29) is 0 Å². The van der Waals surface area contributed by atoms with Crippen LogP contribution in [0, 0.1) is 0 Å². The first-order chi connectivity index (χ1) is 9.24. The molecular weight excluding hydrogens is 370 g/mol. The smallest absolute Gasteiger partial charge is 0.119 e. The number of hydrogen-bond donors (Lipinski definition) is 1. The summed E-state index contributed by atoms with van der Waals surface area (Å²) < 4.78 is 7.80. The number of hydrogen-bond acceptors (Lipinski definition) is 2. The van der Waals surface area contributed by atoms with Gasteiger partial charge in [-0.25, -0.2) is 0 Å². The average molecular weight is 385 g/mol. The Hall–Kier alpha value is -0.840. The number of benzene rings is 2. The van der Waals surface area contributed by atoms with E-state index in [1.54, 1.807) is 0 Å². The largest absolute Gasteiger partial charge is 0.492 e. The van der Waals surface area contributed by atoms with Crippen LogP contribution in [0.25, 0.3) is 0 Å². The predicted octanol–water partition coefficient (Wildman–Crippen LogP) is 4.38. The molecule has 0 aliphatic heterocycles.